The number of benzene rings is 2. The number of allylic oxidation sites excluding steroid dienone is 2. The predicted octanol–water partition coefficient (Wildman–Crippen LogP) is 7.94. The summed E-state index contributed by atoms with van der Waals surface area (Å²) in [7, 11) is 0. The molecular weight excluding hydrogens is 570 g/mol. The van der Waals surface area contributed by atoms with Gasteiger partial charge in [-0.3, -0.25) is 9.79 Å². The van der Waals surface area contributed by atoms with Crippen molar-refractivity contribution in [1.29, 1.82) is 5.41 Å². The molecule has 1 amide bonds. The molecule has 6 nitrogen and oxygen atoms in total. The van der Waals surface area contributed by atoms with Crippen molar-refractivity contribution in [2.75, 3.05) is 0 Å². The van der Waals surface area contributed by atoms with E-state index < -0.39 is 17.6 Å². The summed E-state index contributed by atoms with van der Waals surface area (Å²) in [5.41, 5.74) is 10.5. The molecule has 0 aromatic heterocycles. The fourth-order valence-corrected chi connectivity index (χ4v) is 6.04. The molecule has 2 saturated carbocycles. The third-order valence-corrected chi connectivity index (χ3v) is 8.64. The number of rotatable bonds is 7. The van der Waals surface area contributed by atoms with Crippen LogP contribution in [0.2, 0.25) is 0 Å². The van der Waals surface area contributed by atoms with Crippen LogP contribution in [-0.4, -0.2) is 36.2 Å². The zero-order chi connectivity index (χ0) is 34.0. The van der Waals surface area contributed by atoms with Gasteiger partial charge in [-0.25, -0.2) is 8.78 Å². The van der Waals surface area contributed by atoms with Gasteiger partial charge in [-0.2, -0.15) is 0 Å². The van der Waals surface area contributed by atoms with E-state index in [9.17, 15) is 13.6 Å². The van der Waals surface area contributed by atoms with Gasteiger partial charge in [0.1, 0.15) is 6.79 Å². The molecule has 5 rings (SSSR count). The average molecular weight is 621 g/mol. The molecule has 45 heavy (non-hydrogen) atoms. The van der Waals surface area contributed by atoms with Crippen LogP contribution >= 0.6 is 0 Å². The van der Waals surface area contributed by atoms with Gasteiger partial charge in [-0.15, -0.1) is 0 Å². The number of aliphatic imine (C=N–C) groups is 1. The number of amides is 1. The Kier molecular flexibility index (Phi) is 14.2. The maximum atomic E-state index is 13.9. The van der Waals surface area contributed by atoms with Crippen LogP contribution in [0.15, 0.2) is 54.2 Å². The van der Waals surface area contributed by atoms with Crippen LogP contribution in [0.25, 0.3) is 5.57 Å². The summed E-state index contributed by atoms with van der Waals surface area (Å²) in [4.78, 5) is 24.3. The van der Waals surface area contributed by atoms with Crippen LogP contribution < -0.4 is 11.1 Å². The SMILES string of the molecule is C=C(c1ccc(C)c(F)c1F)C1C=CN=C(C)C1=N.C=O.CC.Cc1ccc(C(=O)NC2CC(C3CC3CC(C)N)C2)c(C)c1. The minimum atomic E-state index is -0.911. The van der Waals surface area contributed by atoms with Crippen molar-refractivity contribution in [3.63, 3.8) is 0 Å². The number of nitrogens with one attached hydrogen (secondary N) is 2. The molecule has 1 heterocycles. The van der Waals surface area contributed by atoms with Crippen molar-refractivity contribution in [2.24, 2.45) is 34.4 Å². The molecule has 0 spiro atoms. The average Bonchev–Trinajstić information content (AvgIpc) is 3.74. The minimum Gasteiger partial charge on any atom is -0.349 e. The summed E-state index contributed by atoms with van der Waals surface area (Å²) >= 11 is 0. The van der Waals surface area contributed by atoms with E-state index in [-0.39, 0.29) is 22.7 Å². The molecule has 2 aromatic carbocycles. The first-order valence-corrected chi connectivity index (χ1v) is 15.7. The van der Waals surface area contributed by atoms with E-state index in [1.54, 1.807) is 19.2 Å². The fourth-order valence-electron chi connectivity index (χ4n) is 6.04. The Bertz CT molecular complexity index is 1430. The molecule has 2 aliphatic carbocycles. The highest BCUT2D eigenvalue weighted by atomic mass is 19.2. The molecule has 2 aromatic rings. The van der Waals surface area contributed by atoms with Crippen LogP contribution in [0.4, 0.5) is 8.78 Å². The Balaban J connectivity index is 0.000000285. The lowest BCUT2D eigenvalue weighted by molar-refractivity contribution is -0.0980. The number of halogens is 2. The largest absolute Gasteiger partial charge is 0.349 e. The number of nitrogens with zero attached hydrogens (tertiary/aromatic N) is 1. The van der Waals surface area contributed by atoms with Gasteiger partial charge in [-0.05, 0) is 101 Å². The molecule has 2 fully saturated rings. The minimum absolute atomic E-state index is 0.0869. The summed E-state index contributed by atoms with van der Waals surface area (Å²) in [6, 6.07) is 9.73. The van der Waals surface area contributed by atoms with Crippen molar-refractivity contribution in [3.8, 4) is 0 Å². The monoisotopic (exact) mass is 620 g/mol. The van der Waals surface area contributed by atoms with Crippen LogP contribution in [0.1, 0.15) is 86.0 Å². The summed E-state index contributed by atoms with van der Waals surface area (Å²) < 4.78 is 27.5. The van der Waals surface area contributed by atoms with Crippen LogP contribution in [-0.2, 0) is 4.79 Å². The standard InChI is InChI=1S/C19H28N2O.C15H14F2N2.C2H6.CH2O/c1-11-4-5-17(12(2)6-11)19(22)21-16-8-15(9-16)18-10-14(18)7-13(3)20;1-8-4-5-11(14(17)13(8)16)9(2)12-6-7-19-10(3)15(12)18;2*1-2/h4-6,13-16,18H,7-10,20H2,1-3H3,(H,21,22);4-7,12,18H,2H2,1,3H3;1-2H3;1H2. The highest BCUT2D eigenvalue weighted by Gasteiger charge is 2.47. The lowest BCUT2D eigenvalue weighted by Crippen LogP contribution is -2.45. The maximum Gasteiger partial charge on any atom is 0.251 e. The van der Waals surface area contributed by atoms with Gasteiger partial charge in [0, 0.05) is 35.3 Å². The Labute approximate surface area is 267 Å². The summed E-state index contributed by atoms with van der Waals surface area (Å²) in [5.74, 6) is 0.383. The van der Waals surface area contributed by atoms with Crippen molar-refractivity contribution in [3.05, 3.63) is 88.6 Å². The Morgan fingerprint density at radius 2 is 1.64 bits per heavy atom. The fraction of sp³-hybridized carbons (Fsp3) is 0.459. The second-order valence-electron chi connectivity index (χ2n) is 12.1. The van der Waals surface area contributed by atoms with Gasteiger partial charge >= 0.3 is 0 Å². The molecule has 0 saturated heterocycles. The van der Waals surface area contributed by atoms with Gasteiger partial charge in [-0.1, -0.05) is 56.3 Å². The molecule has 0 bridgehead atoms. The topological polar surface area (TPSA) is 108 Å². The van der Waals surface area contributed by atoms with Crippen molar-refractivity contribution in [2.45, 2.75) is 86.2 Å². The number of carbonyl (C=O) groups is 2. The molecule has 4 unspecified atom stereocenters. The molecular formula is C37H50F2N4O2. The Hall–Kier alpha value is -3.78. The van der Waals surface area contributed by atoms with Crippen LogP contribution in [0.3, 0.4) is 0 Å². The highest BCUT2D eigenvalue weighted by Crippen LogP contribution is 2.53. The first-order chi connectivity index (χ1) is 21.4. The number of carbonyl (C=O) groups excluding carboxylic acids is 2. The smallest absolute Gasteiger partial charge is 0.251 e. The van der Waals surface area contributed by atoms with E-state index in [4.69, 9.17) is 15.9 Å². The third kappa shape index (κ3) is 9.60. The first-order valence-electron chi connectivity index (χ1n) is 15.7. The Morgan fingerprint density at radius 1 is 1.02 bits per heavy atom. The van der Waals surface area contributed by atoms with Crippen LogP contribution in [0, 0.1) is 61.5 Å². The molecule has 3 aliphatic rings. The third-order valence-electron chi connectivity index (χ3n) is 8.64. The molecule has 1 aliphatic heterocycles. The summed E-state index contributed by atoms with van der Waals surface area (Å²) in [5, 5.41) is 11.1. The lowest BCUT2D eigenvalue weighted by atomic mass is 9.76. The van der Waals surface area contributed by atoms with Gasteiger partial charge < -0.3 is 21.3 Å². The van der Waals surface area contributed by atoms with Gasteiger partial charge in [0.25, 0.3) is 5.91 Å². The molecule has 4 atom stereocenters. The highest BCUT2D eigenvalue weighted by molar-refractivity contribution is 6.43. The van der Waals surface area contributed by atoms with E-state index in [0.29, 0.717) is 23.4 Å². The summed E-state index contributed by atoms with van der Waals surface area (Å²) in [6.45, 7) is 19.2. The second-order valence-corrected chi connectivity index (χ2v) is 12.1. The van der Waals surface area contributed by atoms with E-state index in [1.807, 2.05) is 39.7 Å². The zero-order valence-corrected chi connectivity index (χ0v) is 27.8. The van der Waals surface area contributed by atoms with Crippen molar-refractivity contribution in [1.82, 2.24) is 5.32 Å². The number of hydrogen-bond donors (Lipinski definition) is 3. The van der Waals surface area contributed by atoms with Gasteiger partial charge in [0.15, 0.2) is 11.6 Å². The van der Waals surface area contributed by atoms with Crippen LogP contribution in [0.5, 0.6) is 0 Å². The summed E-state index contributed by atoms with van der Waals surface area (Å²) in [6.07, 6.45) is 8.04. The van der Waals surface area contributed by atoms with E-state index in [2.05, 4.69) is 36.8 Å². The lowest BCUT2D eigenvalue weighted by Gasteiger charge is -2.36. The predicted molar refractivity (Wildman–Crippen MR) is 182 cm³/mol. The van der Waals surface area contributed by atoms with Gasteiger partial charge in [0.05, 0.1) is 11.4 Å². The molecule has 4 N–H and O–H groups in total. The first kappa shape index (κ1) is 37.4. The number of nitrogens with two attached hydrogens (primary N) is 1. The van der Waals surface area contributed by atoms with E-state index >= 15 is 0 Å². The quantitative estimate of drug-likeness (QED) is 0.292. The number of hydrogen-bond acceptors (Lipinski definition) is 5. The molecule has 8 heteroatoms. The van der Waals surface area contributed by atoms with Crippen molar-refractivity contribution < 1.29 is 18.4 Å². The van der Waals surface area contributed by atoms with E-state index in [0.717, 1.165) is 41.7 Å². The van der Waals surface area contributed by atoms with E-state index in [1.165, 1.54) is 37.5 Å². The van der Waals surface area contributed by atoms with Gasteiger partial charge in [0.2, 0.25) is 0 Å². The number of aryl methyl sites for hydroxylation is 3. The molecule has 244 valence electrons. The normalized spacial score (nSPS) is 23.3. The Morgan fingerprint density at radius 3 is 2.24 bits per heavy atom. The second kappa shape index (κ2) is 17.1. The zero-order valence-electron chi connectivity index (χ0n) is 27.8. The van der Waals surface area contributed by atoms with Crippen molar-refractivity contribution >= 4 is 29.7 Å². The maximum absolute atomic E-state index is 13.9. The molecule has 0 radical (unpaired) electrons.